The maximum absolute atomic E-state index is 5.63. The molecule has 1 heterocycles. The second-order valence-corrected chi connectivity index (χ2v) is 4.40. The zero-order valence-corrected chi connectivity index (χ0v) is 9.39. The van der Waals surface area contributed by atoms with E-state index in [2.05, 4.69) is 10.3 Å². The number of anilines is 1. The molecule has 0 aromatic carbocycles. The molecular formula is C11H15N3S. The fourth-order valence-corrected chi connectivity index (χ4v) is 1.88. The summed E-state index contributed by atoms with van der Waals surface area (Å²) in [5, 5.41) is 3.37. The third kappa shape index (κ3) is 2.45. The first-order chi connectivity index (χ1) is 7.27. The van der Waals surface area contributed by atoms with Crippen molar-refractivity contribution in [1.29, 1.82) is 0 Å². The van der Waals surface area contributed by atoms with Gasteiger partial charge in [-0.25, -0.2) is 0 Å². The topological polar surface area (TPSA) is 50.9 Å². The van der Waals surface area contributed by atoms with E-state index in [0.29, 0.717) is 4.99 Å². The van der Waals surface area contributed by atoms with E-state index >= 15 is 0 Å². The van der Waals surface area contributed by atoms with Gasteiger partial charge in [0.15, 0.2) is 0 Å². The van der Waals surface area contributed by atoms with Gasteiger partial charge in [0.1, 0.15) is 4.99 Å². The van der Waals surface area contributed by atoms with E-state index < -0.39 is 0 Å². The molecule has 80 valence electrons. The Morgan fingerprint density at radius 3 is 3.00 bits per heavy atom. The predicted molar refractivity (Wildman–Crippen MR) is 66.0 cm³/mol. The molecule has 1 aromatic rings. The summed E-state index contributed by atoms with van der Waals surface area (Å²) in [5.74, 6) is 0.810. The molecule has 0 bridgehead atoms. The zero-order valence-electron chi connectivity index (χ0n) is 8.57. The van der Waals surface area contributed by atoms with Gasteiger partial charge in [0.25, 0.3) is 0 Å². The molecule has 3 N–H and O–H groups in total. The molecule has 1 aromatic heterocycles. The average molecular weight is 221 g/mol. The minimum Gasteiger partial charge on any atom is -0.389 e. The lowest BCUT2D eigenvalue weighted by atomic mass is 9.85. The van der Waals surface area contributed by atoms with Gasteiger partial charge < -0.3 is 11.1 Å². The molecule has 15 heavy (non-hydrogen) atoms. The van der Waals surface area contributed by atoms with Gasteiger partial charge in [0.2, 0.25) is 0 Å². The number of rotatable bonds is 4. The van der Waals surface area contributed by atoms with Crippen molar-refractivity contribution in [2.45, 2.75) is 19.3 Å². The number of nitrogens with zero attached hydrogens (tertiary/aromatic N) is 1. The van der Waals surface area contributed by atoms with Crippen molar-refractivity contribution in [3.05, 3.63) is 24.0 Å². The number of nitrogens with two attached hydrogens (primary N) is 1. The number of hydrogen-bond donors (Lipinski definition) is 2. The molecule has 0 aliphatic heterocycles. The number of pyridine rings is 1. The number of aromatic nitrogens is 1. The van der Waals surface area contributed by atoms with Crippen molar-refractivity contribution in [2.24, 2.45) is 11.7 Å². The summed E-state index contributed by atoms with van der Waals surface area (Å²) in [4.78, 5) is 4.50. The van der Waals surface area contributed by atoms with Gasteiger partial charge in [0, 0.05) is 18.3 Å². The Labute approximate surface area is 95.1 Å². The van der Waals surface area contributed by atoms with E-state index in [1.807, 2.05) is 6.07 Å². The Morgan fingerprint density at radius 2 is 2.40 bits per heavy atom. The molecule has 1 saturated carbocycles. The first-order valence-electron chi connectivity index (χ1n) is 5.25. The van der Waals surface area contributed by atoms with Crippen molar-refractivity contribution in [3.8, 4) is 0 Å². The lowest BCUT2D eigenvalue weighted by Crippen LogP contribution is -2.22. The Morgan fingerprint density at radius 1 is 1.60 bits per heavy atom. The highest BCUT2D eigenvalue weighted by Gasteiger charge is 2.17. The first-order valence-corrected chi connectivity index (χ1v) is 5.66. The molecule has 2 rings (SSSR count). The minimum atomic E-state index is 0.425. The third-order valence-electron chi connectivity index (χ3n) is 2.89. The molecule has 1 fully saturated rings. The van der Waals surface area contributed by atoms with Crippen LogP contribution in [0.15, 0.2) is 18.5 Å². The highest BCUT2D eigenvalue weighted by molar-refractivity contribution is 7.80. The normalized spacial score (nSPS) is 15.7. The average Bonchev–Trinajstić information content (AvgIpc) is 2.16. The highest BCUT2D eigenvalue weighted by atomic mass is 32.1. The van der Waals surface area contributed by atoms with E-state index in [1.54, 1.807) is 12.4 Å². The van der Waals surface area contributed by atoms with Crippen LogP contribution >= 0.6 is 12.2 Å². The van der Waals surface area contributed by atoms with Crippen LogP contribution in [-0.4, -0.2) is 16.5 Å². The van der Waals surface area contributed by atoms with Crippen molar-refractivity contribution < 1.29 is 0 Å². The lowest BCUT2D eigenvalue weighted by Gasteiger charge is -2.26. The van der Waals surface area contributed by atoms with Gasteiger partial charge in [-0.1, -0.05) is 18.6 Å². The lowest BCUT2D eigenvalue weighted by molar-refractivity contribution is 0.333. The molecule has 1 aliphatic rings. The summed E-state index contributed by atoms with van der Waals surface area (Å²) in [6.07, 6.45) is 7.52. The molecule has 0 spiro atoms. The van der Waals surface area contributed by atoms with Crippen molar-refractivity contribution in [1.82, 2.24) is 4.98 Å². The quantitative estimate of drug-likeness (QED) is 0.763. The van der Waals surface area contributed by atoms with Gasteiger partial charge in [-0.15, -0.1) is 0 Å². The molecule has 0 amide bonds. The Bertz CT molecular complexity index is 361. The maximum Gasteiger partial charge on any atom is 0.106 e. The largest absolute Gasteiger partial charge is 0.389 e. The monoisotopic (exact) mass is 221 g/mol. The summed E-state index contributed by atoms with van der Waals surface area (Å²) in [5.41, 5.74) is 7.47. The summed E-state index contributed by atoms with van der Waals surface area (Å²) in [7, 11) is 0. The van der Waals surface area contributed by atoms with Crippen LogP contribution in [0.3, 0.4) is 0 Å². The summed E-state index contributed by atoms with van der Waals surface area (Å²) >= 11 is 4.98. The molecule has 0 unspecified atom stereocenters. The summed E-state index contributed by atoms with van der Waals surface area (Å²) in [6, 6.07) is 1.85. The zero-order chi connectivity index (χ0) is 10.7. The van der Waals surface area contributed by atoms with Crippen LogP contribution in [0.1, 0.15) is 24.8 Å². The van der Waals surface area contributed by atoms with E-state index in [9.17, 15) is 0 Å². The smallest absolute Gasteiger partial charge is 0.106 e. The van der Waals surface area contributed by atoms with Gasteiger partial charge in [-0.2, -0.15) is 0 Å². The first kappa shape index (κ1) is 10.4. The summed E-state index contributed by atoms with van der Waals surface area (Å²) in [6.45, 7) is 1.00. The molecular weight excluding hydrogens is 206 g/mol. The van der Waals surface area contributed by atoms with Gasteiger partial charge in [-0.3, -0.25) is 4.98 Å². The summed E-state index contributed by atoms with van der Waals surface area (Å²) < 4.78 is 0. The van der Waals surface area contributed by atoms with Crippen LogP contribution in [0.2, 0.25) is 0 Å². The van der Waals surface area contributed by atoms with Crippen LogP contribution in [0.5, 0.6) is 0 Å². The second-order valence-electron chi connectivity index (χ2n) is 3.96. The molecule has 0 saturated heterocycles. The van der Waals surface area contributed by atoms with E-state index in [1.165, 1.54) is 19.3 Å². The van der Waals surface area contributed by atoms with Gasteiger partial charge >= 0.3 is 0 Å². The van der Waals surface area contributed by atoms with Crippen LogP contribution in [0.25, 0.3) is 0 Å². The maximum atomic E-state index is 5.63. The number of nitrogens with one attached hydrogen (secondary N) is 1. The van der Waals surface area contributed by atoms with Crippen LogP contribution in [0, 0.1) is 5.92 Å². The number of hydrogen-bond acceptors (Lipinski definition) is 3. The van der Waals surface area contributed by atoms with Crippen LogP contribution in [0.4, 0.5) is 5.69 Å². The highest BCUT2D eigenvalue weighted by Crippen LogP contribution is 2.26. The van der Waals surface area contributed by atoms with Crippen LogP contribution in [-0.2, 0) is 0 Å². The second kappa shape index (κ2) is 4.57. The minimum absolute atomic E-state index is 0.425. The SMILES string of the molecule is NC(=S)c1ccncc1NCC1CCC1. The van der Waals surface area contributed by atoms with Crippen LogP contribution < -0.4 is 11.1 Å². The fraction of sp³-hybridized carbons (Fsp3) is 0.455. The third-order valence-corrected chi connectivity index (χ3v) is 3.11. The molecule has 0 atom stereocenters. The van der Waals surface area contributed by atoms with E-state index in [0.717, 1.165) is 23.7 Å². The van der Waals surface area contributed by atoms with Gasteiger partial charge in [0.05, 0.1) is 11.9 Å². The molecule has 0 radical (unpaired) electrons. The molecule has 1 aliphatic carbocycles. The molecule has 4 heteroatoms. The Balaban J connectivity index is 2.02. The van der Waals surface area contributed by atoms with Crippen molar-refractivity contribution >= 4 is 22.9 Å². The predicted octanol–water partition coefficient (Wildman–Crippen LogP) is 1.93. The van der Waals surface area contributed by atoms with E-state index in [-0.39, 0.29) is 0 Å². The molecule has 3 nitrogen and oxygen atoms in total. The number of thiocarbonyl (C=S) groups is 1. The van der Waals surface area contributed by atoms with E-state index in [4.69, 9.17) is 18.0 Å². The Kier molecular flexibility index (Phi) is 3.16. The van der Waals surface area contributed by atoms with Crippen molar-refractivity contribution in [3.63, 3.8) is 0 Å². The standard InChI is InChI=1S/C11H15N3S/c12-11(15)9-4-5-13-7-10(9)14-6-8-2-1-3-8/h4-5,7-8,14H,1-3,6H2,(H2,12,15). The van der Waals surface area contributed by atoms with Gasteiger partial charge in [-0.05, 0) is 24.8 Å². The Hall–Kier alpha value is -1.16. The fourth-order valence-electron chi connectivity index (χ4n) is 1.70. The van der Waals surface area contributed by atoms with Crippen molar-refractivity contribution in [2.75, 3.05) is 11.9 Å².